The van der Waals surface area contributed by atoms with Crippen molar-refractivity contribution in [1.82, 2.24) is 14.7 Å². The molecule has 1 aliphatic rings. The number of aryl methyl sites for hydroxylation is 1. The van der Waals surface area contributed by atoms with Gasteiger partial charge < -0.3 is 10.2 Å². The number of hydrogen-bond acceptors (Lipinski definition) is 3. The molecule has 0 radical (unpaired) electrons. The van der Waals surface area contributed by atoms with Crippen molar-refractivity contribution in [3.63, 3.8) is 0 Å². The fourth-order valence-corrected chi connectivity index (χ4v) is 3.00. The second-order valence-corrected chi connectivity index (χ2v) is 6.14. The predicted octanol–water partition coefficient (Wildman–Crippen LogP) is 2.05. The monoisotopic (exact) mass is 326 g/mol. The lowest BCUT2D eigenvalue weighted by Gasteiger charge is -2.14. The Hall–Kier alpha value is -2.63. The van der Waals surface area contributed by atoms with Gasteiger partial charge in [0.25, 0.3) is 0 Å². The van der Waals surface area contributed by atoms with Crippen molar-refractivity contribution in [2.75, 3.05) is 18.4 Å². The summed E-state index contributed by atoms with van der Waals surface area (Å²) in [5.41, 5.74) is 1.96. The highest BCUT2D eigenvalue weighted by Gasteiger charge is 2.33. The molecule has 0 aliphatic carbocycles. The van der Waals surface area contributed by atoms with E-state index in [-0.39, 0.29) is 24.2 Å². The van der Waals surface area contributed by atoms with Gasteiger partial charge in [0.05, 0.1) is 18.2 Å². The molecule has 1 atom stereocenters. The number of benzene rings is 1. The van der Waals surface area contributed by atoms with Gasteiger partial charge in [-0.3, -0.25) is 9.59 Å². The molecule has 0 unspecified atom stereocenters. The summed E-state index contributed by atoms with van der Waals surface area (Å²) >= 11 is 0. The Morgan fingerprint density at radius 3 is 2.75 bits per heavy atom. The maximum Gasteiger partial charge on any atom is 0.230 e. The van der Waals surface area contributed by atoms with E-state index in [1.807, 2.05) is 50.2 Å². The highest BCUT2D eigenvalue weighted by molar-refractivity contribution is 5.96. The maximum atomic E-state index is 12.5. The largest absolute Gasteiger partial charge is 0.342 e. The molecule has 2 heterocycles. The second-order valence-electron chi connectivity index (χ2n) is 6.14. The van der Waals surface area contributed by atoms with Crippen LogP contribution in [0.5, 0.6) is 0 Å². The van der Waals surface area contributed by atoms with E-state index in [1.54, 1.807) is 9.58 Å². The molecule has 2 aromatic rings. The van der Waals surface area contributed by atoms with Crippen molar-refractivity contribution in [2.24, 2.45) is 5.92 Å². The first kappa shape index (κ1) is 16.2. The number of rotatable bonds is 5. The molecule has 1 N–H and O–H groups in total. The summed E-state index contributed by atoms with van der Waals surface area (Å²) in [7, 11) is 0. The van der Waals surface area contributed by atoms with Crippen molar-refractivity contribution in [1.29, 1.82) is 0 Å². The van der Waals surface area contributed by atoms with E-state index in [9.17, 15) is 9.59 Å². The highest BCUT2D eigenvalue weighted by atomic mass is 16.2. The van der Waals surface area contributed by atoms with Crippen LogP contribution in [0.3, 0.4) is 0 Å². The van der Waals surface area contributed by atoms with Gasteiger partial charge in [0.1, 0.15) is 5.82 Å². The molecule has 1 saturated heterocycles. The third-order valence-electron chi connectivity index (χ3n) is 4.30. The first-order valence-corrected chi connectivity index (χ1v) is 8.24. The zero-order valence-electron chi connectivity index (χ0n) is 14.0. The lowest BCUT2D eigenvalue weighted by molar-refractivity contribution is -0.128. The first-order chi connectivity index (χ1) is 11.6. The Morgan fingerprint density at radius 1 is 1.33 bits per heavy atom. The van der Waals surface area contributed by atoms with Crippen LogP contribution in [0.2, 0.25) is 0 Å². The number of likely N-dealkylation sites (tertiary alicyclic amines) is 1. The Morgan fingerprint density at radius 2 is 2.08 bits per heavy atom. The number of hydrogen-bond donors (Lipinski definition) is 1. The summed E-state index contributed by atoms with van der Waals surface area (Å²) < 4.78 is 1.79. The van der Waals surface area contributed by atoms with Gasteiger partial charge in [-0.25, -0.2) is 4.68 Å². The Kier molecular flexibility index (Phi) is 4.64. The lowest BCUT2D eigenvalue weighted by Crippen LogP contribution is -2.28. The smallest absolute Gasteiger partial charge is 0.230 e. The number of carbonyl (C=O) groups is 2. The molecular weight excluding hydrogens is 304 g/mol. The molecule has 1 fully saturated rings. The summed E-state index contributed by atoms with van der Waals surface area (Å²) in [6.45, 7) is 5.56. The average Bonchev–Trinajstić information content (AvgIpc) is 3.11. The minimum atomic E-state index is -0.294. The van der Waals surface area contributed by atoms with Crippen LogP contribution in [0.25, 0.3) is 0 Å². The van der Waals surface area contributed by atoms with Gasteiger partial charge >= 0.3 is 0 Å². The molecular formula is C18H22N4O2. The molecule has 24 heavy (non-hydrogen) atoms. The van der Waals surface area contributed by atoms with Gasteiger partial charge in [0.15, 0.2) is 0 Å². The zero-order valence-corrected chi connectivity index (χ0v) is 14.0. The second kappa shape index (κ2) is 6.86. The Labute approximate surface area is 141 Å². The standard InChI is InChI=1S/C18H22N4O2/c1-3-21-12-15(10-17(21)23)18(24)19-16-9-13(2)20-22(16)11-14-7-5-4-6-8-14/h4-9,15H,3,10-12H2,1-2H3,(H,19,24)/t15-/m1/s1. The normalized spacial score (nSPS) is 17.3. The minimum absolute atomic E-state index is 0.0478. The summed E-state index contributed by atoms with van der Waals surface area (Å²) in [5.74, 6) is 0.307. The average molecular weight is 326 g/mol. The number of nitrogens with one attached hydrogen (secondary N) is 1. The van der Waals surface area contributed by atoms with Gasteiger partial charge in [0, 0.05) is 25.6 Å². The van der Waals surface area contributed by atoms with Gasteiger partial charge in [0.2, 0.25) is 11.8 Å². The molecule has 2 amide bonds. The first-order valence-electron chi connectivity index (χ1n) is 8.24. The number of nitrogens with zero attached hydrogens (tertiary/aromatic N) is 3. The van der Waals surface area contributed by atoms with Gasteiger partial charge in [-0.05, 0) is 19.4 Å². The van der Waals surface area contributed by atoms with Crippen LogP contribution in [0, 0.1) is 12.8 Å². The molecule has 0 spiro atoms. The van der Waals surface area contributed by atoms with Crippen LogP contribution < -0.4 is 5.32 Å². The molecule has 6 heteroatoms. The van der Waals surface area contributed by atoms with Crippen molar-refractivity contribution in [3.8, 4) is 0 Å². The third-order valence-corrected chi connectivity index (χ3v) is 4.30. The minimum Gasteiger partial charge on any atom is -0.342 e. The van der Waals surface area contributed by atoms with Gasteiger partial charge in [-0.15, -0.1) is 0 Å². The molecule has 0 bridgehead atoms. The zero-order chi connectivity index (χ0) is 17.1. The molecule has 126 valence electrons. The predicted molar refractivity (Wildman–Crippen MR) is 91.5 cm³/mol. The van der Waals surface area contributed by atoms with E-state index in [0.29, 0.717) is 25.5 Å². The highest BCUT2D eigenvalue weighted by Crippen LogP contribution is 2.20. The molecule has 0 saturated carbocycles. The van der Waals surface area contributed by atoms with Crippen LogP contribution in [0.15, 0.2) is 36.4 Å². The van der Waals surface area contributed by atoms with Crippen LogP contribution in [0.4, 0.5) is 5.82 Å². The summed E-state index contributed by atoms with van der Waals surface area (Å²) in [5, 5.41) is 7.40. The number of anilines is 1. The summed E-state index contributed by atoms with van der Waals surface area (Å²) in [4.78, 5) is 26.0. The third kappa shape index (κ3) is 3.48. The SMILES string of the molecule is CCN1C[C@H](C(=O)Nc2cc(C)nn2Cc2ccccc2)CC1=O. The van der Waals surface area contributed by atoms with Crippen molar-refractivity contribution in [2.45, 2.75) is 26.8 Å². The van der Waals surface area contributed by atoms with Crippen LogP contribution in [-0.2, 0) is 16.1 Å². The quantitative estimate of drug-likeness (QED) is 0.914. The molecule has 3 rings (SSSR count). The molecule has 1 aromatic heterocycles. The van der Waals surface area contributed by atoms with Crippen molar-refractivity contribution < 1.29 is 9.59 Å². The van der Waals surface area contributed by atoms with E-state index in [1.165, 1.54) is 0 Å². The summed E-state index contributed by atoms with van der Waals surface area (Å²) in [6.07, 6.45) is 0.283. The maximum absolute atomic E-state index is 12.5. The van der Waals surface area contributed by atoms with Crippen molar-refractivity contribution in [3.05, 3.63) is 47.7 Å². The van der Waals surface area contributed by atoms with E-state index in [2.05, 4.69) is 10.4 Å². The van der Waals surface area contributed by atoms with E-state index < -0.39 is 0 Å². The van der Waals surface area contributed by atoms with Crippen LogP contribution >= 0.6 is 0 Å². The number of carbonyl (C=O) groups excluding carboxylic acids is 2. The number of aromatic nitrogens is 2. The topological polar surface area (TPSA) is 67.2 Å². The molecule has 1 aliphatic heterocycles. The Balaban J connectivity index is 1.71. The lowest BCUT2D eigenvalue weighted by atomic mass is 10.1. The molecule has 6 nitrogen and oxygen atoms in total. The number of amides is 2. The van der Waals surface area contributed by atoms with E-state index in [0.717, 1.165) is 11.3 Å². The fraction of sp³-hybridized carbons (Fsp3) is 0.389. The van der Waals surface area contributed by atoms with E-state index in [4.69, 9.17) is 0 Å². The fourth-order valence-electron chi connectivity index (χ4n) is 3.00. The van der Waals surface area contributed by atoms with Crippen molar-refractivity contribution >= 4 is 17.6 Å². The summed E-state index contributed by atoms with van der Waals surface area (Å²) in [6, 6.07) is 11.8. The van der Waals surface area contributed by atoms with Gasteiger partial charge in [-0.1, -0.05) is 30.3 Å². The van der Waals surface area contributed by atoms with Crippen LogP contribution in [0.1, 0.15) is 24.6 Å². The van der Waals surface area contributed by atoms with Crippen LogP contribution in [-0.4, -0.2) is 39.6 Å². The van der Waals surface area contributed by atoms with Gasteiger partial charge in [-0.2, -0.15) is 5.10 Å². The van der Waals surface area contributed by atoms with E-state index >= 15 is 0 Å². The molecule has 1 aromatic carbocycles. The Bertz CT molecular complexity index is 739.